The number of aliphatic hydroxyl groups excluding tert-OH is 1. The minimum atomic E-state index is -1.55. The van der Waals surface area contributed by atoms with Gasteiger partial charge in [-0.15, -0.1) is 0 Å². The third-order valence-corrected chi connectivity index (χ3v) is 2.11. The van der Waals surface area contributed by atoms with Crippen molar-refractivity contribution in [3.63, 3.8) is 0 Å². The van der Waals surface area contributed by atoms with Crippen LogP contribution in [0.2, 0.25) is 0 Å². The van der Waals surface area contributed by atoms with Crippen molar-refractivity contribution in [2.24, 2.45) is 0 Å². The lowest BCUT2D eigenvalue weighted by molar-refractivity contribution is -0.384. The van der Waals surface area contributed by atoms with Crippen molar-refractivity contribution in [2.75, 3.05) is 6.54 Å². The molecule has 1 aromatic rings. The highest BCUT2D eigenvalue weighted by Gasteiger charge is 2.16. The summed E-state index contributed by atoms with van der Waals surface area (Å²) in [5.74, 6) is -1.99. The number of nitro groups is 1. The second-order valence-electron chi connectivity index (χ2n) is 3.43. The molecule has 18 heavy (non-hydrogen) atoms. The van der Waals surface area contributed by atoms with E-state index in [2.05, 4.69) is 10.3 Å². The van der Waals surface area contributed by atoms with Gasteiger partial charge in [-0.2, -0.15) is 0 Å². The third kappa shape index (κ3) is 3.56. The number of carbonyl (C=O) groups is 2. The molecule has 0 saturated carbocycles. The van der Waals surface area contributed by atoms with Gasteiger partial charge in [-0.25, -0.2) is 4.79 Å². The van der Waals surface area contributed by atoms with Crippen LogP contribution < -0.4 is 5.32 Å². The minimum Gasteiger partial charge on any atom is -0.479 e. The average molecular weight is 257 g/mol. The highest BCUT2D eigenvalue weighted by molar-refractivity contribution is 5.93. The van der Waals surface area contributed by atoms with Crippen LogP contribution in [0.25, 0.3) is 0 Å². The Morgan fingerprint density at radius 3 is 2.72 bits per heavy atom. The number of nitrogens with zero attached hydrogens (tertiary/aromatic N) is 1. The van der Waals surface area contributed by atoms with E-state index < -0.39 is 22.9 Å². The number of carboxylic acid groups (broad SMARTS) is 1. The fourth-order valence-electron chi connectivity index (χ4n) is 1.16. The Morgan fingerprint density at radius 1 is 1.56 bits per heavy atom. The summed E-state index contributed by atoms with van der Waals surface area (Å²) in [6.45, 7) is -0.0564. The first-order valence-electron chi connectivity index (χ1n) is 4.93. The van der Waals surface area contributed by atoms with E-state index in [4.69, 9.17) is 10.2 Å². The first-order valence-corrected chi connectivity index (χ1v) is 4.93. The van der Waals surface area contributed by atoms with Crippen molar-refractivity contribution in [3.05, 3.63) is 28.1 Å². The van der Waals surface area contributed by atoms with Gasteiger partial charge >= 0.3 is 5.97 Å². The monoisotopic (exact) mass is 257 g/mol. The zero-order valence-electron chi connectivity index (χ0n) is 9.12. The Hall–Kier alpha value is -2.42. The lowest BCUT2D eigenvalue weighted by atomic mass is 10.2. The molecule has 1 atom stereocenters. The zero-order chi connectivity index (χ0) is 13.7. The number of aliphatic carboxylic acids is 1. The number of aliphatic hydroxyl groups is 1. The molecule has 0 unspecified atom stereocenters. The van der Waals surface area contributed by atoms with Crippen LogP contribution in [0.3, 0.4) is 0 Å². The fraction of sp³-hybridized carbons (Fsp3) is 0.333. The molecule has 0 spiro atoms. The fourth-order valence-corrected chi connectivity index (χ4v) is 1.16. The van der Waals surface area contributed by atoms with Crippen molar-refractivity contribution in [3.8, 4) is 0 Å². The van der Waals surface area contributed by atoms with Gasteiger partial charge in [0.2, 0.25) is 0 Å². The molecule has 1 aromatic heterocycles. The normalized spacial score (nSPS) is 11.8. The van der Waals surface area contributed by atoms with E-state index in [-0.39, 0.29) is 24.3 Å². The lowest BCUT2D eigenvalue weighted by Gasteiger charge is -2.06. The minimum absolute atomic E-state index is 0.00786. The van der Waals surface area contributed by atoms with Crippen LogP contribution in [-0.2, 0) is 4.79 Å². The Bertz CT molecular complexity index is 469. The average Bonchev–Trinajstić information content (AvgIpc) is 2.77. The van der Waals surface area contributed by atoms with Gasteiger partial charge in [0, 0.05) is 19.0 Å². The molecule has 98 valence electrons. The summed E-state index contributed by atoms with van der Waals surface area (Å²) in [5.41, 5.74) is -0.253. The largest absolute Gasteiger partial charge is 0.479 e. The first kappa shape index (κ1) is 13.6. The van der Waals surface area contributed by atoms with Gasteiger partial charge in [-0.1, -0.05) is 0 Å². The van der Waals surface area contributed by atoms with Crippen molar-refractivity contribution in [1.82, 2.24) is 10.3 Å². The van der Waals surface area contributed by atoms with Crippen LogP contribution in [0.15, 0.2) is 12.3 Å². The topological polar surface area (TPSA) is 146 Å². The number of aromatic nitrogens is 1. The molecule has 0 aliphatic carbocycles. The van der Waals surface area contributed by atoms with E-state index >= 15 is 0 Å². The number of nitrogens with one attached hydrogen (secondary N) is 2. The second kappa shape index (κ2) is 5.77. The van der Waals surface area contributed by atoms with Crippen LogP contribution >= 0.6 is 0 Å². The number of hydrogen-bond acceptors (Lipinski definition) is 5. The van der Waals surface area contributed by atoms with Gasteiger partial charge < -0.3 is 20.5 Å². The molecule has 0 radical (unpaired) electrons. The Kier molecular flexibility index (Phi) is 4.38. The number of rotatable bonds is 6. The SMILES string of the molecule is O=C(NCC[C@H](O)C(=O)O)c1cc([N+](=O)[O-])c[nH]1. The van der Waals surface area contributed by atoms with Crippen molar-refractivity contribution in [2.45, 2.75) is 12.5 Å². The Morgan fingerprint density at radius 2 is 2.22 bits per heavy atom. The molecule has 0 bridgehead atoms. The number of carbonyl (C=O) groups excluding carboxylic acids is 1. The molecule has 0 saturated heterocycles. The van der Waals surface area contributed by atoms with Crippen LogP contribution in [0.1, 0.15) is 16.9 Å². The first-order chi connectivity index (χ1) is 8.41. The standard InChI is InChI=1S/C9H11N3O6/c13-7(9(15)16)1-2-10-8(14)6-3-5(4-11-6)12(17)18/h3-4,7,11,13H,1-2H2,(H,10,14)(H,15,16)/t7-/m0/s1. The Balaban J connectivity index is 2.45. The van der Waals surface area contributed by atoms with Crippen molar-refractivity contribution in [1.29, 1.82) is 0 Å². The summed E-state index contributed by atoms with van der Waals surface area (Å²) in [6.07, 6.45) is -0.631. The highest BCUT2D eigenvalue weighted by atomic mass is 16.6. The predicted molar refractivity (Wildman–Crippen MR) is 58.0 cm³/mol. The van der Waals surface area contributed by atoms with E-state index in [1.54, 1.807) is 0 Å². The summed E-state index contributed by atoms with van der Waals surface area (Å²) in [4.78, 5) is 33.9. The van der Waals surface area contributed by atoms with Gasteiger partial charge in [-0.3, -0.25) is 14.9 Å². The second-order valence-corrected chi connectivity index (χ2v) is 3.43. The summed E-state index contributed by atoms with van der Waals surface area (Å²) < 4.78 is 0. The molecule has 9 nitrogen and oxygen atoms in total. The summed E-state index contributed by atoms with van der Waals surface area (Å²) in [6, 6.07) is 1.06. The number of carboxylic acids is 1. The number of hydrogen-bond donors (Lipinski definition) is 4. The van der Waals surface area contributed by atoms with Crippen molar-refractivity contribution < 1.29 is 24.7 Å². The number of H-pyrrole nitrogens is 1. The van der Waals surface area contributed by atoms with E-state index in [1.807, 2.05) is 0 Å². The molecule has 1 rings (SSSR count). The number of aromatic amines is 1. The highest BCUT2D eigenvalue weighted by Crippen LogP contribution is 2.11. The molecular weight excluding hydrogens is 246 g/mol. The third-order valence-electron chi connectivity index (χ3n) is 2.11. The summed E-state index contributed by atoms with van der Waals surface area (Å²) in [7, 11) is 0. The van der Waals surface area contributed by atoms with E-state index in [0.29, 0.717) is 0 Å². The van der Waals surface area contributed by atoms with Crippen LogP contribution in [0, 0.1) is 10.1 Å². The molecular formula is C9H11N3O6. The van der Waals surface area contributed by atoms with Gasteiger partial charge in [0.1, 0.15) is 5.69 Å². The van der Waals surface area contributed by atoms with E-state index in [9.17, 15) is 19.7 Å². The Labute approximate surface area is 101 Å². The van der Waals surface area contributed by atoms with Gasteiger partial charge in [-0.05, 0) is 0 Å². The molecule has 0 aliphatic rings. The molecule has 4 N–H and O–H groups in total. The van der Waals surface area contributed by atoms with Gasteiger partial charge in [0.25, 0.3) is 11.6 Å². The van der Waals surface area contributed by atoms with Crippen LogP contribution in [-0.4, -0.2) is 44.6 Å². The summed E-state index contributed by atoms with van der Waals surface area (Å²) >= 11 is 0. The summed E-state index contributed by atoms with van der Waals surface area (Å²) in [5, 5.41) is 30.0. The molecule has 1 heterocycles. The molecule has 0 aromatic carbocycles. The number of amides is 1. The van der Waals surface area contributed by atoms with Crippen LogP contribution in [0.5, 0.6) is 0 Å². The molecule has 0 fully saturated rings. The van der Waals surface area contributed by atoms with Gasteiger partial charge in [0.05, 0.1) is 11.1 Å². The van der Waals surface area contributed by atoms with Crippen molar-refractivity contribution >= 4 is 17.6 Å². The van der Waals surface area contributed by atoms with Gasteiger partial charge in [0.15, 0.2) is 6.10 Å². The molecule has 9 heteroatoms. The smallest absolute Gasteiger partial charge is 0.332 e. The molecule has 1 amide bonds. The maximum Gasteiger partial charge on any atom is 0.332 e. The quantitative estimate of drug-likeness (QED) is 0.398. The predicted octanol–water partition coefficient (Wildman–Crippen LogP) is -0.512. The molecule has 0 aliphatic heterocycles. The van der Waals surface area contributed by atoms with E-state index in [1.165, 1.54) is 0 Å². The maximum absolute atomic E-state index is 11.4. The lowest BCUT2D eigenvalue weighted by Crippen LogP contribution is -2.30. The van der Waals surface area contributed by atoms with E-state index in [0.717, 1.165) is 12.3 Å². The maximum atomic E-state index is 11.4. The zero-order valence-corrected chi connectivity index (χ0v) is 9.12. The van der Waals surface area contributed by atoms with Crippen LogP contribution in [0.4, 0.5) is 5.69 Å².